The molecule has 0 radical (unpaired) electrons. The number of likely N-dealkylation sites (N-methyl/N-ethyl adjacent to an activating group) is 2. The van der Waals surface area contributed by atoms with Crippen LogP contribution in [0, 0.1) is 0 Å². The fourth-order valence-corrected chi connectivity index (χ4v) is 1.44. The molecule has 72 valence electrons. The Morgan fingerprint density at radius 2 is 2.08 bits per heavy atom. The topological polar surface area (TPSA) is 66.5 Å². The molecule has 0 aromatic rings. The van der Waals surface area contributed by atoms with Crippen LogP contribution in [0.25, 0.3) is 0 Å². The highest BCUT2D eigenvalue weighted by Crippen LogP contribution is 1.98. The molecular weight excluding hydrogens is 204 g/mol. The number of rotatable bonds is 4. The molecule has 0 heterocycles. The Kier molecular flexibility index (Phi) is 4.51. The van der Waals surface area contributed by atoms with Gasteiger partial charge in [0.25, 0.3) is 0 Å². The number of alkyl halides is 1. The molecule has 0 saturated heterocycles. The van der Waals surface area contributed by atoms with Crippen LogP contribution in [0.5, 0.6) is 0 Å². The Balaban J connectivity index is 4.23. The van der Waals surface area contributed by atoms with Gasteiger partial charge in [0.1, 0.15) is 5.21 Å². The number of nitrogens with zero attached hydrogens (tertiary/aromatic N) is 1. The summed E-state index contributed by atoms with van der Waals surface area (Å²) in [6.45, 7) is -0.203. The van der Waals surface area contributed by atoms with E-state index in [4.69, 9.17) is 11.6 Å². The normalized spacial score (nSPS) is 11.7. The van der Waals surface area contributed by atoms with Crippen molar-refractivity contribution in [2.24, 2.45) is 0 Å². The van der Waals surface area contributed by atoms with Crippen molar-refractivity contribution >= 4 is 27.5 Å². The lowest BCUT2D eigenvalue weighted by Gasteiger charge is -2.13. The fourth-order valence-electron chi connectivity index (χ4n) is 0.463. The van der Waals surface area contributed by atoms with Gasteiger partial charge in [-0.05, 0) is 0 Å². The molecule has 12 heavy (non-hydrogen) atoms. The van der Waals surface area contributed by atoms with E-state index in [0.717, 1.165) is 4.31 Å². The van der Waals surface area contributed by atoms with Crippen molar-refractivity contribution in [1.82, 2.24) is 9.62 Å². The zero-order chi connectivity index (χ0) is 9.78. The molecule has 1 N–H and O–H groups in total. The summed E-state index contributed by atoms with van der Waals surface area (Å²) < 4.78 is 22.8. The first kappa shape index (κ1) is 11.7. The SMILES string of the molecule is CNC(=O)CN(C)S(=O)(=O)CCl. The Hall–Kier alpha value is -0.330. The Bertz CT molecular complexity index is 251. The average Bonchev–Trinajstić information content (AvgIpc) is 2.04. The van der Waals surface area contributed by atoms with Crippen molar-refractivity contribution < 1.29 is 13.2 Å². The van der Waals surface area contributed by atoms with Gasteiger partial charge in [0.05, 0.1) is 6.54 Å². The van der Waals surface area contributed by atoms with Crippen LogP contribution in [0.15, 0.2) is 0 Å². The van der Waals surface area contributed by atoms with E-state index in [0.29, 0.717) is 0 Å². The van der Waals surface area contributed by atoms with Crippen molar-refractivity contribution in [2.45, 2.75) is 0 Å². The number of carbonyl (C=O) groups excluding carboxylic acids is 1. The molecule has 1 amide bonds. The van der Waals surface area contributed by atoms with Crippen molar-refractivity contribution in [3.8, 4) is 0 Å². The molecule has 7 heteroatoms. The van der Waals surface area contributed by atoms with Crippen LogP contribution in [0.3, 0.4) is 0 Å². The third-order valence-electron chi connectivity index (χ3n) is 1.26. The highest BCUT2D eigenvalue weighted by atomic mass is 35.5. The molecule has 0 aromatic carbocycles. The zero-order valence-corrected chi connectivity index (χ0v) is 8.44. The summed E-state index contributed by atoms with van der Waals surface area (Å²) in [5, 5.41) is 1.79. The van der Waals surface area contributed by atoms with Crippen LogP contribution in [0.4, 0.5) is 0 Å². The van der Waals surface area contributed by atoms with Gasteiger partial charge in [0.2, 0.25) is 15.9 Å². The standard InChI is InChI=1S/C5H11ClN2O3S/c1-7-5(9)3-8(2)12(10,11)4-6/h3-4H2,1-2H3,(H,7,9). The molecule has 0 bridgehead atoms. The van der Waals surface area contributed by atoms with Crippen molar-refractivity contribution in [3.63, 3.8) is 0 Å². The monoisotopic (exact) mass is 214 g/mol. The van der Waals surface area contributed by atoms with E-state index in [1.165, 1.54) is 14.1 Å². The molecule has 0 saturated carbocycles. The molecule has 0 aliphatic heterocycles. The van der Waals surface area contributed by atoms with Crippen molar-refractivity contribution in [2.75, 3.05) is 25.9 Å². The highest BCUT2D eigenvalue weighted by molar-refractivity contribution is 7.90. The number of halogens is 1. The number of sulfonamides is 1. The first-order valence-corrected chi connectivity index (χ1v) is 5.29. The van der Waals surface area contributed by atoms with E-state index in [1.54, 1.807) is 0 Å². The Labute approximate surface area is 76.7 Å². The van der Waals surface area contributed by atoms with E-state index in [1.807, 2.05) is 0 Å². The summed E-state index contributed by atoms with van der Waals surface area (Å²) in [5.74, 6) is -0.369. The molecule has 5 nitrogen and oxygen atoms in total. The molecule has 0 atom stereocenters. The van der Waals surface area contributed by atoms with E-state index >= 15 is 0 Å². The lowest BCUT2D eigenvalue weighted by molar-refractivity contribution is -0.120. The lowest BCUT2D eigenvalue weighted by atomic mass is 10.6. The molecular formula is C5H11ClN2O3S. The smallest absolute Gasteiger partial charge is 0.235 e. The van der Waals surface area contributed by atoms with Crippen LogP contribution in [-0.4, -0.2) is 44.5 Å². The van der Waals surface area contributed by atoms with E-state index in [2.05, 4.69) is 5.32 Å². The predicted octanol–water partition coefficient (Wildman–Crippen LogP) is -0.810. The number of nitrogens with one attached hydrogen (secondary N) is 1. The maximum atomic E-state index is 11.0. The Morgan fingerprint density at radius 3 is 2.42 bits per heavy atom. The van der Waals surface area contributed by atoms with Gasteiger partial charge in [-0.25, -0.2) is 8.42 Å². The maximum Gasteiger partial charge on any atom is 0.235 e. The number of hydrogen-bond donors (Lipinski definition) is 1. The second-order valence-corrected chi connectivity index (χ2v) is 4.81. The minimum Gasteiger partial charge on any atom is -0.358 e. The van der Waals surface area contributed by atoms with Crippen LogP contribution >= 0.6 is 11.6 Å². The molecule has 0 aliphatic carbocycles. The summed E-state index contributed by atoms with van der Waals surface area (Å²) in [6, 6.07) is 0. The van der Waals surface area contributed by atoms with Crippen molar-refractivity contribution in [3.05, 3.63) is 0 Å². The number of hydrogen-bond acceptors (Lipinski definition) is 3. The van der Waals surface area contributed by atoms with Gasteiger partial charge < -0.3 is 5.32 Å². The van der Waals surface area contributed by atoms with E-state index < -0.39 is 15.2 Å². The number of carbonyl (C=O) groups is 1. The van der Waals surface area contributed by atoms with Gasteiger partial charge in [-0.15, -0.1) is 11.6 Å². The summed E-state index contributed by atoms with van der Waals surface area (Å²) in [7, 11) is -0.733. The average molecular weight is 215 g/mol. The second-order valence-electron chi connectivity index (χ2n) is 2.15. The molecule has 0 aliphatic rings. The van der Waals surface area contributed by atoms with Gasteiger partial charge in [0.15, 0.2) is 0 Å². The first-order valence-electron chi connectivity index (χ1n) is 3.14. The van der Waals surface area contributed by atoms with Gasteiger partial charge in [0, 0.05) is 14.1 Å². The molecule has 0 aromatic heterocycles. The van der Waals surface area contributed by atoms with Gasteiger partial charge in [-0.3, -0.25) is 4.79 Å². The van der Waals surface area contributed by atoms with Gasteiger partial charge >= 0.3 is 0 Å². The fraction of sp³-hybridized carbons (Fsp3) is 0.800. The highest BCUT2D eigenvalue weighted by Gasteiger charge is 2.18. The Morgan fingerprint density at radius 1 is 1.58 bits per heavy atom. The molecule has 0 spiro atoms. The zero-order valence-electron chi connectivity index (χ0n) is 6.87. The van der Waals surface area contributed by atoms with Crippen molar-refractivity contribution in [1.29, 1.82) is 0 Å². The largest absolute Gasteiger partial charge is 0.358 e. The van der Waals surface area contributed by atoms with E-state index in [-0.39, 0.29) is 12.5 Å². The first-order chi connectivity index (χ1) is 5.44. The van der Waals surface area contributed by atoms with Gasteiger partial charge in [-0.2, -0.15) is 4.31 Å². The van der Waals surface area contributed by atoms with Crippen LogP contribution in [-0.2, 0) is 14.8 Å². The maximum absolute atomic E-state index is 11.0. The third-order valence-corrected chi connectivity index (χ3v) is 3.44. The van der Waals surface area contributed by atoms with E-state index in [9.17, 15) is 13.2 Å². The quantitative estimate of drug-likeness (QED) is 0.623. The summed E-state index contributed by atoms with van der Waals surface area (Å²) in [5.41, 5.74) is 0. The van der Waals surface area contributed by atoms with Crippen LogP contribution in [0.2, 0.25) is 0 Å². The summed E-state index contributed by atoms with van der Waals surface area (Å²) in [4.78, 5) is 10.7. The lowest BCUT2D eigenvalue weighted by Crippen LogP contribution is -2.37. The second kappa shape index (κ2) is 4.64. The number of amides is 1. The summed E-state index contributed by atoms with van der Waals surface area (Å²) in [6.07, 6.45) is 0. The summed E-state index contributed by atoms with van der Waals surface area (Å²) >= 11 is 5.15. The minimum atomic E-state index is -3.47. The predicted molar refractivity (Wildman–Crippen MR) is 46.3 cm³/mol. The molecule has 0 fully saturated rings. The van der Waals surface area contributed by atoms with Gasteiger partial charge in [-0.1, -0.05) is 0 Å². The third kappa shape index (κ3) is 3.38. The van der Waals surface area contributed by atoms with Crippen LogP contribution in [0.1, 0.15) is 0 Å². The molecule has 0 rings (SSSR count). The minimum absolute atomic E-state index is 0.203. The molecule has 0 unspecified atom stereocenters. The van der Waals surface area contributed by atoms with Crippen LogP contribution < -0.4 is 5.32 Å².